The van der Waals surface area contributed by atoms with Gasteiger partial charge in [0.1, 0.15) is 6.61 Å². The smallest absolute Gasteiger partial charge is 0.374 e. The zero-order valence-corrected chi connectivity index (χ0v) is 28.6. The van der Waals surface area contributed by atoms with Crippen molar-refractivity contribution in [3.63, 3.8) is 0 Å². The third-order valence-electron chi connectivity index (χ3n) is 9.91. The molecule has 3 aliphatic rings. The van der Waals surface area contributed by atoms with E-state index in [9.17, 15) is 27.6 Å². The van der Waals surface area contributed by atoms with Crippen LogP contribution in [0.1, 0.15) is 136 Å². The second-order valence-corrected chi connectivity index (χ2v) is 14.4. The topological polar surface area (TPSA) is 97.0 Å². The molecule has 1 saturated carbocycles. The number of likely N-dealkylation sites (tertiary alicyclic amines) is 1. The van der Waals surface area contributed by atoms with Gasteiger partial charge in [-0.05, 0) is 57.8 Å². The normalized spacial score (nSPS) is 22.4. The molecule has 0 bridgehead atoms. The molecule has 2 heterocycles. The average Bonchev–Trinajstić information content (AvgIpc) is 3.47. The number of Topliss-reactive ketones (excluding diaryl/α,β-unsaturated/α-hetero) is 1. The van der Waals surface area contributed by atoms with E-state index in [1.54, 1.807) is 0 Å². The summed E-state index contributed by atoms with van der Waals surface area (Å²) in [5, 5.41) is 5.44. The first-order valence-corrected chi connectivity index (χ1v) is 18.1. The molecule has 0 aromatic carbocycles. The molecule has 8 nitrogen and oxygen atoms in total. The van der Waals surface area contributed by atoms with Gasteiger partial charge < -0.3 is 15.4 Å². The Balaban J connectivity index is 1.51. The van der Waals surface area contributed by atoms with Gasteiger partial charge in [-0.25, -0.2) is 0 Å². The van der Waals surface area contributed by atoms with Gasteiger partial charge in [0.25, 0.3) is 0 Å². The number of carbonyl (C=O) groups is 3. The van der Waals surface area contributed by atoms with Gasteiger partial charge >= 0.3 is 6.36 Å². The summed E-state index contributed by atoms with van der Waals surface area (Å²) >= 11 is 0. The van der Waals surface area contributed by atoms with Crippen molar-refractivity contribution in [2.75, 3.05) is 26.2 Å². The highest BCUT2D eigenvalue weighted by Gasteiger charge is 2.54. The van der Waals surface area contributed by atoms with Crippen molar-refractivity contribution in [2.45, 2.75) is 167 Å². The molecule has 0 aromatic heterocycles. The molecular weight excluding hydrogens is 599 g/mol. The van der Waals surface area contributed by atoms with E-state index in [-0.39, 0.29) is 35.9 Å². The highest BCUT2D eigenvalue weighted by molar-refractivity contribution is 5.92. The van der Waals surface area contributed by atoms with Crippen molar-refractivity contribution in [3.8, 4) is 0 Å². The fraction of sp³-hybridized carbons (Fsp3) is 0.914. The predicted molar refractivity (Wildman–Crippen MR) is 172 cm³/mol. The zero-order chi connectivity index (χ0) is 33.6. The minimum absolute atomic E-state index is 0.0351. The second kappa shape index (κ2) is 19.3. The van der Waals surface area contributed by atoms with Crippen LogP contribution in [0.4, 0.5) is 13.2 Å². The molecule has 266 valence electrons. The first kappa shape index (κ1) is 38.7. The van der Waals surface area contributed by atoms with Gasteiger partial charge in [0.15, 0.2) is 5.78 Å². The minimum Gasteiger partial charge on any atom is -0.374 e. The third kappa shape index (κ3) is 14.2. The van der Waals surface area contributed by atoms with Crippen LogP contribution in [0.15, 0.2) is 0 Å². The van der Waals surface area contributed by atoms with Crippen LogP contribution in [0.3, 0.4) is 0 Å². The van der Waals surface area contributed by atoms with E-state index in [2.05, 4.69) is 27.2 Å². The number of ketones is 1. The number of hydrogen-bond acceptors (Lipinski definition) is 6. The van der Waals surface area contributed by atoms with E-state index >= 15 is 0 Å². The number of hydrogen-bond donors (Lipinski definition) is 2. The molecule has 2 N–H and O–H groups in total. The quantitative estimate of drug-likeness (QED) is 0.110. The van der Waals surface area contributed by atoms with Gasteiger partial charge in [-0.1, -0.05) is 84.0 Å². The summed E-state index contributed by atoms with van der Waals surface area (Å²) in [4.78, 5) is 40.9. The Morgan fingerprint density at radius 2 is 1.61 bits per heavy atom. The standard InChI is InChI=1S/C35H60F3N3O5/c1-4-5-6-7-8-9-10-11-12-13-14-15-16-28(46-26(2)3)23-41-25-34(18-19-34)22-30(41)33(44)40-29(21-27-17-20-39-32(27)43)31(42)24-45-35(36,37)38/h26-30H,4-25H2,1-3H3,(H,39,43)(H,40,44)/t27-,28?,29-,30-/m0/s1. The largest absolute Gasteiger partial charge is 0.522 e. The summed E-state index contributed by atoms with van der Waals surface area (Å²) in [6.07, 6.45) is 14.4. The van der Waals surface area contributed by atoms with E-state index in [0.29, 0.717) is 25.9 Å². The van der Waals surface area contributed by atoms with Crippen molar-refractivity contribution < 1.29 is 37.0 Å². The van der Waals surface area contributed by atoms with Gasteiger partial charge in [0.05, 0.1) is 24.3 Å². The Kier molecular flexibility index (Phi) is 16.3. The number of rotatable bonds is 24. The van der Waals surface area contributed by atoms with Crippen LogP contribution in [-0.4, -0.2) is 79.4 Å². The van der Waals surface area contributed by atoms with Crippen LogP contribution in [-0.2, 0) is 23.9 Å². The van der Waals surface area contributed by atoms with Crippen LogP contribution in [0.25, 0.3) is 0 Å². The molecule has 0 radical (unpaired) electrons. The summed E-state index contributed by atoms with van der Waals surface area (Å²) in [6.45, 7) is 6.88. The fourth-order valence-corrected chi connectivity index (χ4v) is 7.14. The lowest BCUT2D eigenvalue weighted by Gasteiger charge is -2.30. The van der Waals surface area contributed by atoms with Gasteiger partial charge in [0.2, 0.25) is 11.8 Å². The number of halogens is 3. The molecule has 1 aliphatic carbocycles. The Labute approximate surface area is 274 Å². The van der Waals surface area contributed by atoms with Crippen LogP contribution in [0, 0.1) is 11.3 Å². The van der Waals surface area contributed by atoms with Gasteiger partial charge in [0, 0.05) is 25.6 Å². The SMILES string of the molecule is CCCCCCCCCCCCCCC(CN1CC2(CC2)C[C@H]1C(=O)N[C@@H](C[C@@H]1CCNC1=O)C(=O)COC(F)(F)F)OC(C)C. The van der Waals surface area contributed by atoms with Gasteiger partial charge in [-0.2, -0.15) is 0 Å². The Morgan fingerprint density at radius 1 is 1.00 bits per heavy atom. The summed E-state index contributed by atoms with van der Waals surface area (Å²) < 4.78 is 48.2. The molecule has 3 rings (SSSR count). The molecule has 46 heavy (non-hydrogen) atoms. The van der Waals surface area contributed by atoms with E-state index in [4.69, 9.17) is 4.74 Å². The molecule has 1 unspecified atom stereocenters. The number of ether oxygens (including phenoxy) is 2. The van der Waals surface area contributed by atoms with Crippen molar-refractivity contribution in [3.05, 3.63) is 0 Å². The van der Waals surface area contributed by atoms with Crippen LogP contribution >= 0.6 is 0 Å². The number of alkyl halides is 3. The predicted octanol–water partition coefficient (Wildman–Crippen LogP) is 6.84. The number of unbranched alkanes of at least 4 members (excludes halogenated alkanes) is 11. The number of nitrogens with one attached hydrogen (secondary N) is 2. The molecule has 2 saturated heterocycles. The Hall–Kier alpha value is -1.72. The lowest BCUT2D eigenvalue weighted by Crippen LogP contribution is -2.52. The summed E-state index contributed by atoms with van der Waals surface area (Å²) in [5.74, 6) is -2.06. The highest BCUT2D eigenvalue weighted by Crippen LogP contribution is 2.55. The molecule has 2 amide bonds. The molecular formula is C35H60F3N3O5. The molecule has 3 fully saturated rings. The maximum atomic E-state index is 13.7. The van der Waals surface area contributed by atoms with E-state index in [0.717, 1.165) is 38.6 Å². The fourth-order valence-electron chi connectivity index (χ4n) is 7.14. The number of carbonyl (C=O) groups excluding carboxylic acids is 3. The molecule has 4 atom stereocenters. The average molecular weight is 660 g/mol. The first-order valence-electron chi connectivity index (χ1n) is 18.1. The Morgan fingerprint density at radius 3 is 2.13 bits per heavy atom. The van der Waals surface area contributed by atoms with Gasteiger partial charge in [-0.15, -0.1) is 13.2 Å². The van der Waals surface area contributed by atoms with E-state index < -0.39 is 36.8 Å². The van der Waals surface area contributed by atoms with Crippen LogP contribution < -0.4 is 10.6 Å². The maximum Gasteiger partial charge on any atom is 0.522 e. The zero-order valence-electron chi connectivity index (χ0n) is 28.6. The monoisotopic (exact) mass is 659 g/mol. The highest BCUT2D eigenvalue weighted by atomic mass is 19.4. The van der Waals surface area contributed by atoms with Crippen LogP contribution in [0.5, 0.6) is 0 Å². The third-order valence-corrected chi connectivity index (χ3v) is 9.91. The first-order chi connectivity index (χ1) is 21.9. The molecule has 1 spiro atoms. The van der Waals surface area contributed by atoms with E-state index in [1.807, 2.05) is 13.8 Å². The van der Waals surface area contributed by atoms with E-state index in [1.165, 1.54) is 64.2 Å². The van der Waals surface area contributed by atoms with Gasteiger partial charge in [-0.3, -0.25) is 24.0 Å². The lowest BCUT2D eigenvalue weighted by atomic mass is 9.95. The van der Waals surface area contributed by atoms with Crippen molar-refractivity contribution >= 4 is 17.6 Å². The number of nitrogens with zero attached hydrogens (tertiary/aromatic N) is 1. The summed E-state index contributed by atoms with van der Waals surface area (Å²) in [7, 11) is 0. The second-order valence-electron chi connectivity index (χ2n) is 14.4. The maximum absolute atomic E-state index is 13.7. The molecule has 11 heteroatoms. The lowest BCUT2D eigenvalue weighted by molar-refractivity contribution is -0.321. The Bertz CT molecular complexity index is 943. The van der Waals surface area contributed by atoms with Crippen molar-refractivity contribution in [1.29, 1.82) is 0 Å². The summed E-state index contributed by atoms with van der Waals surface area (Å²) in [6, 6.07) is -1.73. The summed E-state index contributed by atoms with van der Waals surface area (Å²) in [5.41, 5.74) is 0.0740. The minimum atomic E-state index is -4.96. The van der Waals surface area contributed by atoms with Crippen molar-refractivity contribution in [2.24, 2.45) is 11.3 Å². The molecule has 0 aromatic rings. The number of amides is 2. The molecule has 2 aliphatic heterocycles. The van der Waals surface area contributed by atoms with Crippen molar-refractivity contribution in [1.82, 2.24) is 15.5 Å². The van der Waals surface area contributed by atoms with Crippen LogP contribution in [0.2, 0.25) is 0 Å².